The van der Waals surface area contributed by atoms with Crippen LogP contribution in [-0.4, -0.2) is 27.0 Å². The lowest BCUT2D eigenvalue weighted by molar-refractivity contribution is 0.408. The molecule has 2 aromatic heterocycles. The van der Waals surface area contributed by atoms with Crippen LogP contribution in [0.5, 0.6) is 0 Å². The zero-order chi connectivity index (χ0) is 17.5. The summed E-state index contributed by atoms with van der Waals surface area (Å²) in [5.74, 6) is 1.34. The first-order valence-electron chi connectivity index (χ1n) is 9.73. The van der Waals surface area contributed by atoms with Gasteiger partial charge in [0.25, 0.3) is 0 Å². The molecule has 134 valence electrons. The molecule has 0 radical (unpaired) electrons. The summed E-state index contributed by atoms with van der Waals surface area (Å²) in [5.41, 5.74) is 10.8. The smallest absolute Gasteiger partial charge is 0.223 e. The molecular formula is C21H25N5. The summed E-state index contributed by atoms with van der Waals surface area (Å²) >= 11 is 0. The largest absolute Gasteiger partial charge is 0.360 e. The van der Waals surface area contributed by atoms with Gasteiger partial charge in [0.2, 0.25) is 5.95 Å². The fourth-order valence-corrected chi connectivity index (χ4v) is 4.18. The highest BCUT2D eigenvalue weighted by atomic mass is 15.1. The number of anilines is 1. The molecule has 2 aliphatic carbocycles. The minimum atomic E-state index is 0.292. The Morgan fingerprint density at radius 2 is 2.00 bits per heavy atom. The average molecular weight is 347 g/mol. The van der Waals surface area contributed by atoms with Gasteiger partial charge in [-0.1, -0.05) is 18.2 Å². The summed E-state index contributed by atoms with van der Waals surface area (Å²) in [7, 11) is 0. The van der Waals surface area contributed by atoms with Crippen molar-refractivity contribution in [1.29, 1.82) is 0 Å². The molecule has 0 unspecified atom stereocenters. The van der Waals surface area contributed by atoms with Crippen molar-refractivity contribution in [3.63, 3.8) is 0 Å². The Morgan fingerprint density at radius 1 is 1.12 bits per heavy atom. The van der Waals surface area contributed by atoms with Gasteiger partial charge in [-0.25, -0.2) is 9.97 Å². The number of nitrogens with two attached hydrogens (primary N) is 1. The number of aromatic nitrogens is 3. The lowest BCUT2D eigenvalue weighted by atomic mass is 9.92. The van der Waals surface area contributed by atoms with Crippen molar-refractivity contribution >= 4 is 16.9 Å². The SMILES string of the molecule is N[C@H]1CCC[C@@H](Nc2ncc(C3CC3)c(-c3c[nH]c4ccccc34)n2)C1. The van der Waals surface area contributed by atoms with E-state index in [0.29, 0.717) is 18.0 Å². The number of aromatic amines is 1. The van der Waals surface area contributed by atoms with E-state index in [0.717, 1.165) is 36.4 Å². The maximum atomic E-state index is 6.14. The van der Waals surface area contributed by atoms with Crippen LogP contribution >= 0.6 is 0 Å². The molecule has 0 saturated heterocycles. The third-order valence-corrected chi connectivity index (χ3v) is 5.73. The first kappa shape index (κ1) is 15.8. The molecule has 0 amide bonds. The van der Waals surface area contributed by atoms with E-state index >= 15 is 0 Å². The number of benzene rings is 1. The van der Waals surface area contributed by atoms with Crippen molar-refractivity contribution in [1.82, 2.24) is 15.0 Å². The monoisotopic (exact) mass is 347 g/mol. The van der Waals surface area contributed by atoms with Gasteiger partial charge < -0.3 is 16.0 Å². The Kier molecular flexibility index (Phi) is 3.89. The molecule has 2 fully saturated rings. The molecule has 5 heteroatoms. The van der Waals surface area contributed by atoms with Crippen LogP contribution in [-0.2, 0) is 0 Å². The van der Waals surface area contributed by atoms with E-state index < -0.39 is 0 Å². The fourth-order valence-electron chi connectivity index (χ4n) is 4.18. The first-order valence-corrected chi connectivity index (χ1v) is 9.73. The van der Waals surface area contributed by atoms with Gasteiger partial charge in [0, 0.05) is 46.5 Å². The Labute approximate surface area is 153 Å². The van der Waals surface area contributed by atoms with Gasteiger partial charge in [0.1, 0.15) is 0 Å². The molecule has 2 heterocycles. The molecule has 2 aliphatic rings. The molecule has 0 spiro atoms. The molecule has 2 saturated carbocycles. The third-order valence-electron chi connectivity index (χ3n) is 5.73. The molecule has 2 atom stereocenters. The van der Waals surface area contributed by atoms with Gasteiger partial charge in [-0.15, -0.1) is 0 Å². The quantitative estimate of drug-likeness (QED) is 0.661. The van der Waals surface area contributed by atoms with Crippen LogP contribution in [0.4, 0.5) is 5.95 Å². The number of hydrogen-bond acceptors (Lipinski definition) is 4. The molecule has 4 N–H and O–H groups in total. The van der Waals surface area contributed by atoms with Crippen molar-refractivity contribution in [2.45, 2.75) is 56.5 Å². The minimum absolute atomic E-state index is 0.292. The third kappa shape index (κ3) is 2.97. The number of hydrogen-bond donors (Lipinski definition) is 3. The molecule has 26 heavy (non-hydrogen) atoms. The topological polar surface area (TPSA) is 79.6 Å². The summed E-state index contributed by atoms with van der Waals surface area (Å²) in [6.45, 7) is 0. The van der Waals surface area contributed by atoms with Crippen molar-refractivity contribution in [3.05, 3.63) is 42.2 Å². The second kappa shape index (κ2) is 6.40. The van der Waals surface area contributed by atoms with Crippen LogP contribution in [0.3, 0.4) is 0 Å². The van der Waals surface area contributed by atoms with Crippen molar-refractivity contribution in [2.24, 2.45) is 5.73 Å². The molecule has 3 aromatic rings. The predicted octanol–water partition coefficient (Wildman–Crippen LogP) is 4.18. The van der Waals surface area contributed by atoms with Crippen LogP contribution in [0.15, 0.2) is 36.7 Å². The van der Waals surface area contributed by atoms with Gasteiger partial charge in [-0.2, -0.15) is 0 Å². The van der Waals surface area contributed by atoms with E-state index in [4.69, 9.17) is 10.7 Å². The molecule has 0 aliphatic heterocycles. The second-order valence-electron chi connectivity index (χ2n) is 7.79. The number of rotatable bonds is 4. The van der Waals surface area contributed by atoms with Crippen LogP contribution in [0, 0.1) is 0 Å². The van der Waals surface area contributed by atoms with Crippen LogP contribution in [0.2, 0.25) is 0 Å². The van der Waals surface area contributed by atoms with Crippen molar-refractivity contribution < 1.29 is 0 Å². The first-order chi connectivity index (χ1) is 12.8. The number of H-pyrrole nitrogens is 1. The fraction of sp³-hybridized carbons (Fsp3) is 0.429. The molecule has 5 nitrogen and oxygen atoms in total. The minimum Gasteiger partial charge on any atom is -0.360 e. The van der Waals surface area contributed by atoms with Crippen LogP contribution in [0.25, 0.3) is 22.2 Å². The summed E-state index contributed by atoms with van der Waals surface area (Å²) in [5, 5.41) is 4.76. The van der Waals surface area contributed by atoms with E-state index in [1.54, 1.807) is 0 Å². The lowest BCUT2D eigenvalue weighted by Crippen LogP contribution is -2.35. The summed E-state index contributed by atoms with van der Waals surface area (Å²) in [6.07, 6.45) is 11.0. The van der Waals surface area contributed by atoms with Gasteiger partial charge in [0.05, 0.1) is 5.69 Å². The molecule has 5 rings (SSSR count). The summed E-state index contributed by atoms with van der Waals surface area (Å²) in [6, 6.07) is 9.08. The highest BCUT2D eigenvalue weighted by Crippen LogP contribution is 2.44. The summed E-state index contributed by atoms with van der Waals surface area (Å²) < 4.78 is 0. The second-order valence-corrected chi connectivity index (χ2v) is 7.79. The Morgan fingerprint density at radius 3 is 2.85 bits per heavy atom. The van der Waals surface area contributed by atoms with E-state index in [1.807, 2.05) is 6.20 Å². The van der Waals surface area contributed by atoms with E-state index in [2.05, 4.69) is 45.7 Å². The van der Waals surface area contributed by atoms with Crippen molar-refractivity contribution in [2.75, 3.05) is 5.32 Å². The number of para-hydroxylation sites is 1. The van der Waals surface area contributed by atoms with E-state index in [9.17, 15) is 0 Å². The zero-order valence-electron chi connectivity index (χ0n) is 14.9. The Hall–Kier alpha value is -2.40. The Balaban J connectivity index is 1.52. The Bertz CT molecular complexity index is 927. The van der Waals surface area contributed by atoms with E-state index in [1.165, 1.54) is 35.8 Å². The zero-order valence-corrected chi connectivity index (χ0v) is 14.9. The van der Waals surface area contributed by atoms with Crippen LogP contribution < -0.4 is 11.1 Å². The van der Waals surface area contributed by atoms with Gasteiger partial charge >= 0.3 is 0 Å². The predicted molar refractivity (Wildman–Crippen MR) is 105 cm³/mol. The highest BCUT2D eigenvalue weighted by molar-refractivity contribution is 5.95. The molecule has 0 bridgehead atoms. The number of nitrogens with one attached hydrogen (secondary N) is 2. The highest BCUT2D eigenvalue weighted by Gasteiger charge is 2.29. The molecule has 1 aromatic carbocycles. The van der Waals surface area contributed by atoms with Gasteiger partial charge in [0.15, 0.2) is 0 Å². The lowest BCUT2D eigenvalue weighted by Gasteiger charge is -2.27. The molecular weight excluding hydrogens is 322 g/mol. The normalized spacial score (nSPS) is 23.3. The maximum Gasteiger partial charge on any atom is 0.223 e. The average Bonchev–Trinajstić information content (AvgIpc) is 3.40. The maximum absolute atomic E-state index is 6.14. The summed E-state index contributed by atoms with van der Waals surface area (Å²) in [4.78, 5) is 13.0. The van der Waals surface area contributed by atoms with E-state index in [-0.39, 0.29) is 0 Å². The van der Waals surface area contributed by atoms with Gasteiger partial charge in [-0.3, -0.25) is 0 Å². The van der Waals surface area contributed by atoms with Gasteiger partial charge in [-0.05, 0) is 50.5 Å². The standard InChI is InChI=1S/C21H25N5/c22-14-4-3-5-15(10-14)25-21-24-11-17(13-8-9-13)20(26-21)18-12-23-19-7-2-1-6-16(18)19/h1-2,6-7,11-15,23H,3-5,8-10,22H2,(H,24,25,26)/t14-,15+/m0/s1. The van der Waals surface area contributed by atoms with Crippen molar-refractivity contribution in [3.8, 4) is 11.3 Å². The number of nitrogens with zero attached hydrogens (tertiary/aromatic N) is 2. The number of fused-ring (bicyclic) bond motifs is 1. The van der Waals surface area contributed by atoms with Crippen LogP contribution in [0.1, 0.15) is 50.0 Å².